The minimum absolute atomic E-state index is 0.0576. The first-order valence-corrected chi connectivity index (χ1v) is 6.94. The van der Waals surface area contributed by atoms with Crippen LogP contribution in [0.15, 0.2) is 46.6 Å². The number of carbonyl (C=O) groups is 2. The van der Waals surface area contributed by atoms with Gasteiger partial charge in [0.25, 0.3) is 0 Å². The van der Waals surface area contributed by atoms with Gasteiger partial charge in [-0.3, -0.25) is 10.6 Å². The zero-order valence-corrected chi connectivity index (χ0v) is 13.4. The van der Waals surface area contributed by atoms with Crippen LogP contribution in [-0.4, -0.2) is 36.5 Å². The first-order valence-electron chi connectivity index (χ1n) is 6.94. The summed E-state index contributed by atoms with van der Waals surface area (Å²) in [5, 5.41) is 22.4. The number of benzene rings is 1. The third-order valence-corrected chi connectivity index (χ3v) is 2.82. The highest BCUT2D eigenvalue weighted by Crippen LogP contribution is 2.33. The molecule has 1 aromatic heterocycles. The van der Waals surface area contributed by atoms with Gasteiger partial charge in [0.15, 0.2) is 17.4 Å². The molecule has 0 fully saturated rings. The predicted octanol–water partition coefficient (Wildman–Crippen LogP) is 3.56. The summed E-state index contributed by atoms with van der Waals surface area (Å²) in [6, 6.07) is 10.00. The van der Waals surface area contributed by atoms with E-state index >= 15 is 0 Å². The van der Waals surface area contributed by atoms with E-state index in [0.717, 1.165) is 7.11 Å². The number of nitrogens with one attached hydrogen (secondary N) is 2. The van der Waals surface area contributed by atoms with Crippen molar-refractivity contribution in [1.82, 2.24) is 4.98 Å². The summed E-state index contributed by atoms with van der Waals surface area (Å²) in [5.41, 5.74) is 0.616. The molecule has 0 spiro atoms. The second-order valence-corrected chi connectivity index (χ2v) is 4.49. The lowest BCUT2D eigenvalue weighted by atomic mass is 10.3. The van der Waals surface area contributed by atoms with E-state index in [4.69, 9.17) is 0 Å². The number of hydrogen-bond donors (Lipinski definition) is 3. The summed E-state index contributed by atoms with van der Waals surface area (Å²) in [7, 11) is 2.33. The molecule has 130 valence electrons. The van der Waals surface area contributed by atoms with Crippen LogP contribution in [0.4, 0.5) is 32.6 Å². The number of carbonyl (C=O) groups excluding carboxylic acids is 2. The highest BCUT2D eigenvalue weighted by atomic mass is 16.5. The zero-order chi connectivity index (χ0) is 18.2. The van der Waals surface area contributed by atoms with E-state index in [2.05, 4.69) is 35.3 Å². The first kappa shape index (κ1) is 17.7. The molecule has 2 rings (SSSR count). The minimum Gasteiger partial charge on any atom is -0.504 e. The van der Waals surface area contributed by atoms with Gasteiger partial charge >= 0.3 is 12.2 Å². The molecule has 0 saturated carbocycles. The molecule has 2 aromatic rings. The number of rotatable bonds is 4. The van der Waals surface area contributed by atoms with Gasteiger partial charge in [-0.2, -0.15) is 5.11 Å². The van der Waals surface area contributed by atoms with E-state index in [-0.39, 0.29) is 23.1 Å². The quantitative estimate of drug-likeness (QED) is 0.725. The van der Waals surface area contributed by atoms with Gasteiger partial charge in [0.2, 0.25) is 0 Å². The summed E-state index contributed by atoms with van der Waals surface area (Å²) >= 11 is 0. The highest BCUT2D eigenvalue weighted by molar-refractivity contribution is 5.90. The summed E-state index contributed by atoms with van der Waals surface area (Å²) < 4.78 is 8.94. The summed E-state index contributed by atoms with van der Waals surface area (Å²) in [5.74, 6) is -0.685. The molecule has 0 aliphatic rings. The molecule has 10 heteroatoms. The number of aromatic nitrogens is 1. The number of methoxy groups -OCH3 is 2. The Balaban J connectivity index is 2.39. The molecule has 10 nitrogen and oxygen atoms in total. The predicted molar refractivity (Wildman–Crippen MR) is 88.6 cm³/mol. The van der Waals surface area contributed by atoms with Crippen molar-refractivity contribution >= 4 is 35.2 Å². The first-order chi connectivity index (χ1) is 12.0. The van der Waals surface area contributed by atoms with E-state index in [1.165, 1.54) is 13.2 Å². The molecule has 1 heterocycles. The fraction of sp³-hybridized carbons (Fsp3) is 0.133. The molecule has 25 heavy (non-hydrogen) atoms. The normalized spacial score (nSPS) is 10.3. The Hall–Kier alpha value is -3.69. The Labute approximate surface area is 142 Å². The monoisotopic (exact) mass is 345 g/mol. The Morgan fingerprint density at radius 1 is 1.00 bits per heavy atom. The van der Waals surface area contributed by atoms with Crippen LogP contribution in [-0.2, 0) is 9.47 Å². The van der Waals surface area contributed by atoms with Gasteiger partial charge in [0.1, 0.15) is 5.69 Å². The maximum atomic E-state index is 11.5. The number of nitrogens with zero attached hydrogens (tertiary/aromatic N) is 3. The van der Waals surface area contributed by atoms with Gasteiger partial charge in [-0.15, -0.1) is 5.11 Å². The lowest BCUT2D eigenvalue weighted by Gasteiger charge is -2.10. The Morgan fingerprint density at radius 3 is 2.20 bits per heavy atom. The Morgan fingerprint density at radius 2 is 1.60 bits per heavy atom. The number of azo groups is 1. The van der Waals surface area contributed by atoms with Crippen LogP contribution in [0.1, 0.15) is 0 Å². The van der Waals surface area contributed by atoms with Gasteiger partial charge in [-0.05, 0) is 12.1 Å². The number of anilines is 2. The van der Waals surface area contributed by atoms with Gasteiger partial charge in [0, 0.05) is 6.07 Å². The average molecular weight is 345 g/mol. The van der Waals surface area contributed by atoms with Crippen molar-refractivity contribution < 1.29 is 24.2 Å². The SMILES string of the molecule is COC(=O)Nc1nc(NC(=O)OC)c(/N=N/c2ccccc2)cc1O. The second-order valence-electron chi connectivity index (χ2n) is 4.49. The number of aromatic hydroxyl groups is 1. The Kier molecular flexibility index (Phi) is 5.82. The summed E-state index contributed by atoms with van der Waals surface area (Å²) in [4.78, 5) is 26.7. The minimum atomic E-state index is -0.842. The number of amides is 2. The molecule has 0 aliphatic heterocycles. The van der Waals surface area contributed by atoms with Crippen molar-refractivity contribution in [2.24, 2.45) is 10.2 Å². The molecule has 0 bridgehead atoms. The zero-order valence-electron chi connectivity index (χ0n) is 13.4. The lowest BCUT2D eigenvalue weighted by Crippen LogP contribution is -2.15. The van der Waals surface area contributed by atoms with Gasteiger partial charge in [0.05, 0.1) is 19.9 Å². The standard InChI is InChI=1S/C15H15N5O5/c1-24-14(22)17-12-10(20-19-9-6-4-3-5-7-9)8-11(21)13(16-12)18-15(23)25-2/h3-8,21H,1-2H3,(H2,16,17,18,22,23)/b20-19+. The van der Waals surface area contributed by atoms with Crippen LogP contribution >= 0.6 is 0 Å². The van der Waals surface area contributed by atoms with Gasteiger partial charge < -0.3 is 14.6 Å². The van der Waals surface area contributed by atoms with E-state index in [0.29, 0.717) is 5.69 Å². The second kappa shape index (κ2) is 8.24. The van der Waals surface area contributed by atoms with Crippen LogP contribution < -0.4 is 10.6 Å². The van der Waals surface area contributed by atoms with Gasteiger partial charge in [-0.1, -0.05) is 18.2 Å². The molecular weight excluding hydrogens is 330 g/mol. The third-order valence-electron chi connectivity index (χ3n) is 2.82. The third kappa shape index (κ3) is 4.89. The fourth-order valence-electron chi connectivity index (χ4n) is 1.65. The van der Waals surface area contributed by atoms with Crippen LogP contribution in [0.2, 0.25) is 0 Å². The van der Waals surface area contributed by atoms with Crippen molar-refractivity contribution in [2.45, 2.75) is 0 Å². The van der Waals surface area contributed by atoms with Crippen LogP contribution in [0.5, 0.6) is 5.75 Å². The lowest BCUT2D eigenvalue weighted by molar-refractivity contribution is 0.186. The smallest absolute Gasteiger partial charge is 0.412 e. The topological polar surface area (TPSA) is 134 Å². The molecule has 0 atom stereocenters. The molecule has 3 N–H and O–H groups in total. The summed E-state index contributed by atoms with van der Waals surface area (Å²) in [6.07, 6.45) is -1.65. The number of hydrogen-bond acceptors (Lipinski definition) is 8. The van der Waals surface area contributed by atoms with E-state index in [1.54, 1.807) is 24.3 Å². The molecule has 0 aliphatic carbocycles. The number of pyridine rings is 1. The number of ether oxygens (including phenoxy) is 2. The maximum Gasteiger partial charge on any atom is 0.412 e. The van der Waals surface area contributed by atoms with Gasteiger partial charge in [-0.25, -0.2) is 14.6 Å². The van der Waals surface area contributed by atoms with Crippen molar-refractivity contribution in [3.8, 4) is 5.75 Å². The van der Waals surface area contributed by atoms with Crippen molar-refractivity contribution in [3.05, 3.63) is 36.4 Å². The molecule has 1 aromatic carbocycles. The molecule has 2 amide bonds. The van der Waals surface area contributed by atoms with Crippen molar-refractivity contribution in [3.63, 3.8) is 0 Å². The molecule has 0 saturated heterocycles. The van der Waals surface area contributed by atoms with Crippen molar-refractivity contribution in [1.29, 1.82) is 0 Å². The molecular formula is C15H15N5O5. The maximum absolute atomic E-state index is 11.5. The van der Waals surface area contributed by atoms with Crippen LogP contribution in [0, 0.1) is 0 Å². The average Bonchev–Trinajstić information content (AvgIpc) is 2.63. The summed E-state index contributed by atoms with van der Waals surface area (Å²) in [6.45, 7) is 0. The molecule has 0 radical (unpaired) electrons. The van der Waals surface area contributed by atoms with E-state index in [1.807, 2.05) is 6.07 Å². The van der Waals surface area contributed by atoms with E-state index < -0.39 is 12.2 Å². The fourth-order valence-corrected chi connectivity index (χ4v) is 1.65. The largest absolute Gasteiger partial charge is 0.504 e. The van der Waals surface area contributed by atoms with Crippen molar-refractivity contribution in [2.75, 3.05) is 24.9 Å². The van der Waals surface area contributed by atoms with Crippen LogP contribution in [0.25, 0.3) is 0 Å². The highest BCUT2D eigenvalue weighted by Gasteiger charge is 2.16. The Bertz CT molecular complexity index is 794. The molecule has 0 unspecified atom stereocenters. The van der Waals surface area contributed by atoms with E-state index in [9.17, 15) is 14.7 Å². The van der Waals surface area contributed by atoms with Crippen LogP contribution in [0.3, 0.4) is 0 Å².